The molecule has 1 aliphatic heterocycles. The van der Waals surface area contributed by atoms with Crippen molar-refractivity contribution in [3.8, 4) is 5.75 Å². The Bertz CT molecular complexity index is 2050. The molecule has 0 spiro atoms. The van der Waals surface area contributed by atoms with E-state index in [2.05, 4.69) is 83.2 Å². The molecule has 3 saturated carbocycles. The summed E-state index contributed by atoms with van der Waals surface area (Å²) in [6.45, 7) is 14.4. The molecule has 4 fully saturated rings. The number of carbonyl (C=O) groups is 1. The lowest BCUT2D eigenvalue weighted by atomic mass is 9.74. The van der Waals surface area contributed by atoms with Crippen LogP contribution >= 0.6 is 0 Å². The number of ether oxygens (including phenoxy) is 3. The number of amides is 1. The van der Waals surface area contributed by atoms with Gasteiger partial charge in [-0.15, -0.1) is 0 Å². The maximum absolute atomic E-state index is 13.0. The second-order valence-electron chi connectivity index (χ2n) is 18.4. The fourth-order valence-corrected chi connectivity index (χ4v) is 9.54. The minimum Gasteiger partial charge on any atom is -0.497 e. The minimum atomic E-state index is -0.643. The van der Waals surface area contributed by atoms with Crippen LogP contribution in [0.2, 0.25) is 0 Å². The number of rotatable bonds is 13. The number of nitrogens with two attached hydrogens (primary N) is 1. The molecule has 2 aromatic carbocycles. The third-order valence-electron chi connectivity index (χ3n) is 13.1. The van der Waals surface area contributed by atoms with E-state index in [9.17, 15) is 4.79 Å². The number of nitrogen functional groups attached to an aromatic ring is 1. The van der Waals surface area contributed by atoms with Gasteiger partial charge in [0.05, 0.1) is 36.0 Å². The van der Waals surface area contributed by atoms with Gasteiger partial charge in [0, 0.05) is 43.7 Å². The molecule has 3 aliphatic carbocycles. The van der Waals surface area contributed by atoms with Crippen LogP contribution in [0.5, 0.6) is 5.75 Å². The van der Waals surface area contributed by atoms with Crippen LogP contribution < -0.4 is 21.1 Å². The van der Waals surface area contributed by atoms with Gasteiger partial charge in [-0.1, -0.05) is 39.3 Å². The number of hydrogen-bond donors (Lipinski definition) is 3. The molecule has 4 N–H and O–H groups in total. The Labute approximate surface area is 332 Å². The first-order valence-electron chi connectivity index (χ1n) is 20.8. The van der Waals surface area contributed by atoms with Gasteiger partial charge in [0.1, 0.15) is 29.6 Å². The molecule has 56 heavy (non-hydrogen) atoms. The SMILES string of the molecule is COc1ccc(CNc2ncnc3c2ccn3[C@@H]2C[C@H](CN(C3CCC3)C3CC(CCC(=O)Nc4ccc(C(C)(C)C)cc4N)C3)[C@H]3OC(C)(C)O[C@H]32)c(C)c1. The lowest BCUT2D eigenvalue weighted by molar-refractivity contribution is -0.162. The lowest BCUT2D eigenvalue weighted by Crippen LogP contribution is -2.54. The summed E-state index contributed by atoms with van der Waals surface area (Å²) in [6, 6.07) is 15.5. The van der Waals surface area contributed by atoms with Crippen molar-refractivity contribution in [2.24, 2.45) is 11.8 Å². The highest BCUT2D eigenvalue weighted by Gasteiger charge is 2.55. The topological polar surface area (TPSA) is 129 Å². The average molecular weight is 764 g/mol. The van der Waals surface area contributed by atoms with Crippen molar-refractivity contribution >= 4 is 34.1 Å². The zero-order valence-corrected chi connectivity index (χ0v) is 34.3. The third-order valence-corrected chi connectivity index (χ3v) is 13.1. The molecule has 8 rings (SSSR count). The third kappa shape index (κ3) is 7.87. The van der Waals surface area contributed by atoms with E-state index < -0.39 is 5.79 Å². The summed E-state index contributed by atoms with van der Waals surface area (Å²) >= 11 is 0. The number of nitrogens with one attached hydrogen (secondary N) is 2. The van der Waals surface area contributed by atoms with Gasteiger partial charge in [0.15, 0.2) is 5.79 Å². The Morgan fingerprint density at radius 1 is 1.04 bits per heavy atom. The molecule has 2 aromatic heterocycles. The Morgan fingerprint density at radius 3 is 2.52 bits per heavy atom. The van der Waals surface area contributed by atoms with Gasteiger partial charge in [-0.2, -0.15) is 0 Å². The van der Waals surface area contributed by atoms with Gasteiger partial charge < -0.3 is 35.1 Å². The van der Waals surface area contributed by atoms with Crippen molar-refractivity contribution in [3.63, 3.8) is 0 Å². The van der Waals surface area contributed by atoms with E-state index in [-0.39, 0.29) is 29.6 Å². The molecule has 4 atom stereocenters. The summed E-state index contributed by atoms with van der Waals surface area (Å²) in [5.74, 6) is 1.98. The number of methoxy groups -OCH3 is 1. The second kappa shape index (κ2) is 15.3. The first-order chi connectivity index (χ1) is 26.8. The molecular weight excluding hydrogens is 703 g/mol. The molecule has 0 bridgehead atoms. The zero-order valence-electron chi connectivity index (χ0n) is 34.3. The van der Waals surface area contributed by atoms with E-state index in [1.807, 2.05) is 32.0 Å². The van der Waals surface area contributed by atoms with Crippen molar-refractivity contribution in [2.45, 2.75) is 141 Å². The van der Waals surface area contributed by atoms with Gasteiger partial charge >= 0.3 is 0 Å². The van der Waals surface area contributed by atoms with Crippen molar-refractivity contribution in [2.75, 3.05) is 30.0 Å². The predicted octanol–water partition coefficient (Wildman–Crippen LogP) is 8.37. The Balaban J connectivity index is 0.913. The van der Waals surface area contributed by atoms with Gasteiger partial charge in [-0.25, -0.2) is 9.97 Å². The van der Waals surface area contributed by atoms with E-state index in [0.29, 0.717) is 48.3 Å². The number of aryl methyl sites for hydroxylation is 1. The van der Waals surface area contributed by atoms with Crippen LogP contribution in [-0.2, 0) is 26.2 Å². The van der Waals surface area contributed by atoms with Crippen LogP contribution in [0.15, 0.2) is 55.0 Å². The number of benzene rings is 2. The maximum Gasteiger partial charge on any atom is 0.224 e. The number of fused-ring (bicyclic) bond motifs is 2. The fraction of sp³-hybridized carbons (Fsp3) is 0.578. The second-order valence-corrected chi connectivity index (χ2v) is 18.4. The molecule has 1 saturated heterocycles. The van der Waals surface area contributed by atoms with E-state index in [4.69, 9.17) is 24.9 Å². The summed E-state index contributed by atoms with van der Waals surface area (Å²) in [7, 11) is 1.69. The minimum absolute atomic E-state index is 0.00860. The number of hydrogen-bond acceptors (Lipinski definition) is 9. The summed E-state index contributed by atoms with van der Waals surface area (Å²) < 4.78 is 21.1. The van der Waals surface area contributed by atoms with E-state index >= 15 is 0 Å². The maximum atomic E-state index is 13.0. The van der Waals surface area contributed by atoms with Gasteiger partial charge in [0.25, 0.3) is 0 Å². The molecule has 0 radical (unpaired) electrons. The molecule has 0 unspecified atom stereocenters. The molecule has 11 heteroatoms. The highest BCUT2D eigenvalue weighted by Crippen LogP contribution is 2.50. The smallest absolute Gasteiger partial charge is 0.224 e. The molecule has 4 aliphatic rings. The van der Waals surface area contributed by atoms with E-state index in [0.717, 1.165) is 60.4 Å². The van der Waals surface area contributed by atoms with E-state index in [1.165, 1.54) is 30.4 Å². The number of nitrogens with zero attached hydrogens (tertiary/aromatic N) is 4. The molecule has 11 nitrogen and oxygen atoms in total. The van der Waals surface area contributed by atoms with E-state index in [1.54, 1.807) is 13.4 Å². The molecular formula is C45H61N7O4. The summed E-state index contributed by atoms with van der Waals surface area (Å²) in [5, 5.41) is 7.65. The molecule has 3 heterocycles. The van der Waals surface area contributed by atoms with Crippen LogP contribution in [-0.4, -0.2) is 69.1 Å². The summed E-state index contributed by atoms with van der Waals surface area (Å²) in [4.78, 5) is 25.3. The molecule has 4 aromatic rings. The predicted molar refractivity (Wildman–Crippen MR) is 222 cm³/mol. The molecule has 1 amide bonds. The highest BCUT2D eigenvalue weighted by atomic mass is 16.8. The number of anilines is 3. The standard InChI is InChI=1S/C45H61N7O4/c1-27-19-34(54-7)14-12-29(27)24-47-42-35-17-18-51(43(35)49-26-48-42)38-22-30(40-41(38)56-45(5,6)55-40)25-52(32-9-8-10-32)33-20-28(21-33)11-16-39(53)50-37-15-13-31(23-36(37)46)44(2,3)4/h12-15,17-19,23,26,28,30,32-33,38,40-41H,8-11,16,20-22,24-25,46H2,1-7H3,(H,50,53)(H,47,48,49)/t28?,30-,33?,38-,40-,41+/m1/s1. The number of carbonyl (C=O) groups excluding carboxylic acids is 1. The van der Waals surface area contributed by atoms with Crippen LogP contribution in [0.1, 0.15) is 109 Å². The Morgan fingerprint density at radius 2 is 1.82 bits per heavy atom. The van der Waals surface area contributed by atoms with Crippen LogP contribution in [0.3, 0.4) is 0 Å². The van der Waals surface area contributed by atoms with Crippen molar-refractivity contribution < 1.29 is 19.0 Å². The zero-order chi connectivity index (χ0) is 39.4. The monoisotopic (exact) mass is 763 g/mol. The normalized spacial score (nSPS) is 25.9. The van der Waals surface area contributed by atoms with Crippen molar-refractivity contribution in [1.29, 1.82) is 0 Å². The Kier molecular flexibility index (Phi) is 10.6. The van der Waals surface area contributed by atoms with Gasteiger partial charge in [-0.3, -0.25) is 9.69 Å². The first-order valence-corrected chi connectivity index (χ1v) is 20.8. The molecule has 300 valence electrons. The van der Waals surface area contributed by atoms with Crippen molar-refractivity contribution in [1.82, 2.24) is 19.4 Å². The largest absolute Gasteiger partial charge is 0.497 e. The average Bonchev–Trinajstić information content (AvgIpc) is 3.77. The van der Waals surface area contributed by atoms with Gasteiger partial charge in [0.2, 0.25) is 5.91 Å². The first kappa shape index (κ1) is 38.7. The van der Waals surface area contributed by atoms with Crippen molar-refractivity contribution in [3.05, 3.63) is 71.7 Å². The lowest BCUT2D eigenvalue weighted by Gasteiger charge is -2.50. The van der Waals surface area contributed by atoms with Crippen LogP contribution in [0.4, 0.5) is 17.2 Å². The Hall–Kier alpha value is -4.19. The quantitative estimate of drug-likeness (QED) is 0.115. The van der Waals surface area contributed by atoms with Crippen LogP contribution in [0, 0.1) is 18.8 Å². The highest BCUT2D eigenvalue weighted by molar-refractivity contribution is 5.94. The summed E-state index contributed by atoms with van der Waals surface area (Å²) in [6.07, 6.45) is 12.3. The fourth-order valence-electron chi connectivity index (χ4n) is 9.54. The summed E-state index contributed by atoms with van der Waals surface area (Å²) in [5.41, 5.74) is 12.1. The van der Waals surface area contributed by atoms with Crippen LogP contribution in [0.25, 0.3) is 11.0 Å². The van der Waals surface area contributed by atoms with Gasteiger partial charge in [-0.05, 0) is 118 Å². The number of aromatic nitrogens is 3.